The van der Waals surface area contributed by atoms with Crippen molar-refractivity contribution in [2.24, 2.45) is 5.73 Å². The molecule has 108 valence electrons. The smallest absolute Gasteiger partial charge is 0.123 e. The molecule has 2 N–H and O–H groups in total. The van der Waals surface area contributed by atoms with Gasteiger partial charge in [-0.1, -0.05) is 0 Å². The summed E-state index contributed by atoms with van der Waals surface area (Å²) in [6.45, 7) is 8.80. The third-order valence-corrected chi connectivity index (χ3v) is 2.44. The number of nitrogens with two attached hydrogens (primary N) is 1. The summed E-state index contributed by atoms with van der Waals surface area (Å²) in [6.07, 6.45) is 0.590. The quantitative estimate of drug-likeness (QED) is 0.808. The molecule has 0 fully saturated rings. The lowest BCUT2D eigenvalue weighted by Crippen LogP contribution is -2.23. The molecule has 19 heavy (non-hydrogen) atoms. The van der Waals surface area contributed by atoms with Crippen molar-refractivity contribution in [1.29, 1.82) is 0 Å². The summed E-state index contributed by atoms with van der Waals surface area (Å²) in [6, 6.07) is 4.48. The van der Waals surface area contributed by atoms with Crippen molar-refractivity contribution in [3.8, 4) is 5.75 Å². The van der Waals surface area contributed by atoms with Gasteiger partial charge < -0.3 is 15.2 Å². The molecular formula is C15H24FNO2. The first-order chi connectivity index (χ1) is 8.78. The van der Waals surface area contributed by atoms with Crippen molar-refractivity contribution in [2.75, 3.05) is 13.2 Å². The summed E-state index contributed by atoms with van der Waals surface area (Å²) in [5.74, 6) is 0.408. The Hall–Kier alpha value is -1.13. The van der Waals surface area contributed by atoms with E-state index in [1.807, 2.05) is 27.7 Å². The molecular weight excluding hydrogens is 245 g/mol. The molecule has 3 nitrogen and oxygen atoms in total. The van der Waals surface area contributed by atoms with Gasteiger partial charge >= 0.3 is 0 Å². The van der Waals surface area contributed by atoms with Gasteiger partial charge in [-0.2, -0.15) is 0 Å². The van der Waals surface area contributed by atoms with Crippen LogP contribution in [0.2, 0.25) is 0 Å². The summed E-state index contributed by atoms with van der Waals surface area (Å²) >= 11 is 0. The first-order valence-corrected chi connectivity index (χ1v) is 6.59. The van der Waals surface area contributed by atoms with Crippen LogP contribution in [-0.4, -0.2) is 24.9 Å². The lowest BCUT2D eigenvalue weighted by atomic mass is 10.1. The van der Waals surface area contributed by atoms with E-state index in [0.717, 1.165) is 5.56 Å². The van der Waals surface area contributed by atoms with Crippen LogP contribution in [0.4, 0.5) is 4.39 Å². The molecule has 0 radical (unpaired) electrons. The summed E-state index contributed by atoms with van der Waals surface area (Å²) in [5.41, 5.74) is 6.37. The first-order valence-electron chi connectivity index (χ1n) is 6.59. The second-order valence-corrected chi connectivity index (χ2v) is 5.74. The van der Waals surface area contributed by atoms with Crippen LogP contribution in [0.25, 0.3) is 0 Å². The van der Waals surface area contributed by atoms with E-state index in [-0.39, 0.29) is 17.5 Å². The topological polar surface area (TPSA) is 44.5 Å². The van der Waals surface area contributed by atoms with Crippen molar-refractivity contribution < 1.29 is 13.9 Å². The maximum atomic E-state index is 13.2. The lowest BCUT2D eigenvalue weighted by molar-refractivity contribution is -0.0164. The van der Waals surface area contributed by atoms with Crippen LogP contribution in [0.5, 0.6) is 5.75 Å². The maximum Gasteiger partial charge on any atom is 0.123 e. The first kappa shape index (κ1) is 15.9. The van der Waals surface area contributed by atoms with Gasteiger partial charge in [0.1, 0.15) is 18.2 Å². The molecule has 0 aliphatic rings. The van der Waals surface area contributed by atoms with Gasteiger partial charge in [-0.05, 0) is 57.9 Å². The fourth-order valence-electron chi connectivity index (χ4n) is 1.69. The molecule has 1 aromatic rings. The molecule has 0 aliphatic carbocycles. The van der Waals surface area contributed by atoms with E-state index in [9.17, 15) is 4.39 Å². The molecule has 1 unspecified atom stereocenters. The van der Waals surface area contributed by atoms with Crippen LogP contribution in [0.15, 0.2) is 18.2 Å². The molecule has 1 aromatic carbocycles. The predicted octanol–water partition coefficient (Wildman–Crippen LogP) is 2.91. The van der Waals surface area contributed by atoms with Crippen LogP contribution >= 0.6 is 0 Å². The Morgan fingerprint density at radius 3 is 2.53 bits per heavy atom. The Morgan fingerprint density at radius 1 is 1.26 bits per heavy atom. The van der Waals surface area contributed by atoms with Crippen LogP contribution in [-0.2, 0) is 11.2 Å². The van der Waals surface area contributed by atoms with E-state index in [1.54, 1.807) is 6.07 Å². The summed E-state index contributed by atoms with van der Waals surface area (Å²) in [5, 5.41) is 0. The second-order valence-electron chi connectivity index (χ2n) is 5.74. The Bertz CT molecular complexity index is 400. The van der Waals surface area contributed by atoms with E-state index in [1.165, 1.54) is 12.1 Å². The average Bonchev–Trinajstić information content (AvgIpc) is 2.24. The van der Waals surface area contributed by atoms with E-state index >= 15 is 0 Å². The summed E-state index contributed by atoms with van der Waals surface area (Å²) in [4.78, 5) is 0. The van der Waals surface area contributed by atoms with Crippen molar-refractivity contribution in [3.05, 3.63) is 29.6 Å². The molecule has 1 atom stereocenters. The minimum atomic E-state index is -0.269. The normalized spacial score (nSPS) is 13.4. The molecule has 0 aromatic heterocycles. The lowest BCUT2D eigenvalue weighted by Gasteiger charge is -2.20. The van der Waals surface area contributed by atoms with Crippen molar-refractivity contribution in [3.63, 3.8) is 0 Å². The van der Waals surface area contributed by atoms with Gasteiger partial charge in [-0.25, -0.2) is 4.39 Å². The molecule has 0 heterocycles. The third-order valence-electron chi connectivity index (χ3n) is 2.44. The summed E-state index contributed by atoms with van der Waals surface area (Å²) < 4.78 is 24.4. The summed E-state index contributed by atoms with van der Waals surface area (Å²) in [7, 11) is 0. The highest BCUT2D eigenvalue weighted by Gasteiger charge is 2.11. The van der Waals surface area contributed by atoms with Crippen molar-refractivity contribution in [2.45, 2.75) is 45.8 Å². The highest BCUT2D eigenvalue weighted by atomic mass is 19.1. The zero-order valence-electron chi connectivity index (χ0n) is 12.2. The Morgan fingerprint density at radius 2 is 1.95 bits per heavy atom. The van der Waals surface area contributed by atoms with Gasteiger partial charge in [0.05, 0.1) is 12.2 Å². The van der Waals surface area contributed by atoms with Crippen molar-refractivity contribution >= 4 is 0 Å². The van der Waals surface area contributed by atoms with Crippen LogP contribution in [0, 0.1) is 5.82 Å². The third kappa shape index (κ3) is 6.55. The van der Waals surface area contributed by atoms with Crippen LogP contribution in [0.3, 0.4) is 0 Å². The fraction of sp³-hybridized carbons (Fsp3) is 0.600. The Kier molecular flexibility index (Phi) is 5.76. The highest BCUT2D eigenvalue weighted by Crippen LogP contribution is 2.21. The minimum Gasteiger partial charge on any atom is -0.491 e. The number of hydrogen-bond acceptors (Lipinski definition) is 3. The molecule has 0 bridgehead atoms. The largest absolute Gasteiger partial charge is 0.491 e. The van der Waals surface area contributed by atoms with E-state index in [0.29, 0.717) is 25.4 Å². The van der Waals surface area contributed by atoms with Gasteiger partial charge in [0.2, 0.25) is 0 Å². The maximum absolute atomic E-state index is 13.2. The average molecular weight is 269 g/mol. The Labute approximate surface area is 114 Å². The predicted molar refractivity (Wildman–Crippen MR) is 75.0 cm³/mol. The molecule has 0 amide bonds. The number of ether oxygens (including phenoxy) is 2. The fourth-order valence-corrected chi connectivity index (χ4v) is 1.69. The molecule has 0 aliphatic heterocycles. The molecule has 0 spiro atoms. The van der Waals surface area contributed by atoms with E-state index < -0.39 is 0 Å². The minimum absolute atomic E-state index is 0.0324. The van der Waals surface area contributed by atoms with Gasteiger partial charge in [0.25, 0.3) is 0 Å². The van der Waals surface area contributed by atoms with Crippen LogP contribution in [0.1, 0.15) is 33.3 Å². The molecule has 0 saturated heterocycles. The number of hydrogen-bond donors (Lipinski definition) is 1. The highest BCUT2D eigenvalue weighted by molar-refractivity contribution is 5.34. The van der Waals surface area contributed by atoms with E-state index in [4.69, 9.17) is 15.2 Å². The van der Waals surface area contributed by atoms with Gasteiger partial charge in [-0.15, -0.1) is 0 Å². The number of benzene rings is 1. The molecule has 1 rings (SSSR count). The van der Waals surface area contributed by atoms with Gasteiger partial charge in [-0.3, -0.25) is 0 Å². The van der Waals surface area contributed by atoms with Crippen LogP contribution < -0.4 is 10.5 Å². The standard InChI is InChI=1S/C15H24FNO2/c1-11(17)9-12-10-13(16)5-6-14(12)18-7-8-19-15(2,3)4/h5-6,10-11H,7-9,17H2,1-4H3. The number of halogens is 1. The number of rotatable bonds is 6. The Balaban J connectivity index is 2.57. The molecule has 4 heteroatoms. The zero-order valence-corrected chi connectivity index (χ0v) is 12.2. The second kappa shape index (κ2) is 6.87. The molecule has 0 saturated carbocycles. The monoisotopic (exact) mass is 269 g/mol. The zero-order chi connectivity index (χ0) is 14.5. The SMILES string of the molecule is CC(N)Cc1cc(F)ccc1OCCOC(C)(C)C. The van der Waals surface area contributed by atoms with Gasteiger partial charge in [0.15, 0.2) is 0 Å². The van der Waals surface area contributed by atoms with Gasteiger partial charge in [0, 0.05) is 6.04 Å². The van der Waals surface area contributed by atoms with Crippen molar-refractivity contribution in [1.82, 2.24) is 0 Å². The van der Waals surface area contributed by atoms with E-state index in [2.05, 4.69) is 0 Å².